The van der Waals surface area contributed by atoms with Crippen molar-refractivity contribution in [1.82, 2.24) is 4.98 Å². The SMILES string of the molecule is COc1ccc2nc(N(/N=C/c3cccs3)C(=O)c3ccco3)sc2c1. The molecule has 0 atom stereocenters. The van der Waals surface area contributed by atoms with E-state index in [0.717, 1.165) is 20.8 Å². The fraction of sp³-hybridized carbons (Fsp3) is 0.0556. The highest BCUT2D eigenvalue weighted by Crippen LogP contribution is 2.32. The summed E-state index contributed by atoms with van der Waals surface area (Å²) in [5.74, 6) is 0.553. The fourth-order valence-corrected chi connectivity index (χ4v) is 3.81. The molecule has 0 spiro atoms. The van der Waals surface area contributed by atoms with Gasteiger partial charge in [0.15, 0.2) is 5.76 Å². The van der Waals surface area contributed by atoms with Crippen molar-refractivity contribution in [1.29, 1.82) is 0 Å². The van der Waals surface area contributed by atoms with Crippen LogP contribution in [0.3, 0.4) is 0 Å². The van der Waals surface area contributed by atoms with Crippen LogP contribution in [0.4, 0.5) is 5.13 Å². The number of hydrogen-bond donors (Lipinski definition) is 0. The minimum Gasteiger partial charge on any atom is -0.497 e. The zero-order valence-electron chi connectivity index (χ0n) is 13.7. The monoisotopic (exact) mass is 383 g/mol. The van der Waals surface area contributed by atoms with Crippen LogP contribution in [0.5, 0.6) is 5.75 Å². The molecule has 0 bridgehead atoms. The minimum atomic E-state index is -0.381. The van der Waals surface area contributed by atoms with Crippen molar-refractivity contribution in [2.24, 2.45) is 5.10 Å². The second kappa shape index (κ2) is 7.11. The summed E-state index contributed by atoms with van der Waals surface area (Å²) >= 11 is 2.89. The van der Waals surface area contributed by atoms with Crippen LogP contribution < -0.4 is 9.75 Å². The van der Waals surface area contributed by atoms with Crippen molar-refractivity contribution in [3.05, 3.63) is 64.7 Å². The quantitative estimate of drug-likeness (QED) is 0.372. The Labute approximate surface area is 157 Å². The summed E-state index contributed by atoms with van der Waals surface area (Å²) in [6.07, 6.45) is 3.09. The Balaban J connectivity index is 1.75. The van der Waals surface area contributed by atoms with E-state index in [1.54, 1.807) is 25.5 Å². The number of nitrogens with zero attached hydrogens (tertiary/aromatic N) is 3. The van der Waals surface area contributed by atoms with E-state index in [1.165, 1.54) is 33.9 Å². The van der Waals surface area contributed by atoms with Crippen LogP contribution >= 0.6 is 22.7 Å². The van der Waals surface area contributed by atoms with E-state index in [2.05, 4.69) is 10.1 Å². The third-order valence-corrected chi connectivity index (χ3v) is 5.33. The van der Waals surface area contributed by atoms with Gasteiger partial charge in [0.05, 0.1) is 29.8 Å². The van der Waals surface area contributed by atoms with E-state index in [0.29, 0.717) is 5.13 Å². The van der Waals surface area contributed by atoms with Gasteiger partial charge < -0.3 is 9.15 Å². The Bertz CT molecular complexity index is 1050. The highest BCUT2D eigenvalue weighted by Gasteiger charge is 2.23. The molecular weight excluding hydrogens is 370 g/mol. The van der Waals surface area contributed by atoms with E-state index in [-0.39, 0.29) is 11.7 Å². The number of ether oxygens (including phenoxy) is 1. The highest BCUT2D eigenvalue weighted by atomic mass is 32.1. The van der Waals surface area contributed by atoms with Crippen molar-refractivity contribution in [3.63, 3.8) is 0 Å². The number of benzene rings is 1. The standard InChI is InChI=1S/C18H13N3O3S2/c1-23-12-6-7-14-16(10-12)26-18(20-14)21(17(22)15-5-2-8-24-15)19-11-13-4-3-9-25-13/h2-11H,1H3/b19-11+. The number of thiophene rings is 1. The average Bonchev–Trinajstić information content (AvgIpc) is 3.41. The zero-order valence-corrected chi connectivity index (χ0v) is 15.3. The van der Waals surface area contributed by atoms with Gasteiger partial charge >= 0.3 is 5.91 Å². The molecule has 0 aliphatic carbocycles. The number of hydrogen-bond acceptors (Lipinski definition) is 7. The Morgan fingerprint density at radius 3 is 2.96 bits per heavy atom. The molecule has 26 heavy (non-hydrogen) atoms. The summed E-state index contributed by atoms with van der Waals surface area (Å²) in [6, 6.07) is 12.7. The smallest absolute Gasteiger partial charge is 0.316 e. The topological polar surface area (TPSA) is 67.9 Å². The molecule has 1 amide bonds. The molecule has 0 aliphatic rings. The molecule has 0 unspecified atom stereocenters. The van der Waals surface area contributed by atoms with E-state index in [1.807, 2.05) is 35.7 Å². The number of rotatable bonds is 5. The number of carbonyl (C=O) groups is 1. The summed E-state index contributed by atoms with van der Waals surface area (Å²) in [5, 5.41) is 8.02. The summed E-state index contributed by atoms with van der Waals surface area (Å²) in [6.45, 7) is 0. The first kappa shape index (κ1) is 16.5. The number of hydrazone groups is 1. The third kappa shape index (κ3) is 3.24. The normalized spacial score (nSPS) is 11.3. The number of methoxy groups -OCH3 is 1. The number of thiazole rings is 1. The number of furan rings is 1. The molecule has 0 fully saturated rings. The van der Waals surface area contributed by atoms with Crippen LogP contribution in [0.25, 0.3) is 10.2 Å². The molecule has 130 valence electrons. The maximum absolute atomic E-state index is 12.8. The molecule has 8 heteroatoms. The van der Waals surface area contributed by atoms with Crippen molar-refractivity contribution >= 4 is 50.1 Å². The molecule has 4 aromatic rings. The first-order valence-corrected chi connectivity index (χ1v) is 9.34. The van der Waals surface area contributed by atoms with Crippen LogP contribution in [0.15, 0.2) is 63.6 Å². The molecule has 0 saturated heterocycles. The van der Waals surface area contributed by atoms with Gasteiger partial charge in [-0.1, -0.05) is 17.4 Å². The Hall–Kier alpha value is -2.97. The van der Waals surface area contributed by atoms with Gasteiger partial charge in [-0.3, -0.25) is 4.79 Å². The number of aromatic nitrogens is 1. The lowest BCUT2D eigenvalue weighted by Gasteiger charge is -2.11. The van der Waals surface area contributed by atoms with Gasteiger partial charge in [0.25, 0.3) is 0 Å². The fourth-order valence-electron chi connectivity index (χ4n) is 2.28. The number of amides is 1. The molecule has 0 aliphatic heterocycles. The second-order valence-electron chi connectivity index (χ2n) is 5.18. The van der Waals surface area contributed by atoms with Gasteiger partial charge in [-0.2, -0.15) is 10.1 Å². The lowest BCUT2D eigenvalue weighted by molar-refractivity contribution is 0.0961. The molecule has 3 aromatic heterocycles. The number of anilines is 1. The van der Waals surface area contributed by atoms with E-state index in [4.69, 9.17) is 9.15 Å². The van der Waals surface area contributed by atoms with Crippen molar-refractivity contribution in [3.8, 4) is 5.75 Å². The first-order valence-electron chi connectivity index (χ1n) is 7.64. The van der Waals surface area contributed by atoms with Crippen molar-refractivity contribution < 1.29 is 13.9 Å². The van der Waals surface area contributed by atoms with Crippen LogP contribution in [-0.2, 0) is 0 Å². The molecule has 4 rings (SSSR count). The van der Waals surface area contributed by atoms with E-state index in [9.17, 15) is 4.79 Å². The molecule has 1 aromatic carbocycles. The maximum Gasteiger partial charge on any atom is 0.316 e. The van der Waals surface area contributed by atoms with Gasteiger partial charge in [0, 0.05) is 4.88 Å². The molecule has 6 nitrogen and oxygen atoms in total. The molecule has 0 N–H and O–H groups in total. The molecule has 3 heterocycles. The summed E-state index contributed by atoms with van der Waals surface area (Å²) in [7, 11) is 1.61. The molecule has 0 radical (unpaired) electrons. The van der Waals surface area contributed by atoms with Crippen LogP contribution in [0, 0.1) is 0 Å². The lowest BCUT2D eigenvalue weighted by atomic mass is 10.3. The van der Waals surface area contributed by atoms with Gasteiger partial charge in [-0.25, -0.2) is 4.98 Å². The minimum absolute atomic E-state index is 0.199. The molecular formula is C18H13N3O3S2. The van der Waals surface area contributed by atoms with Crippen LogP contribution in [0.2, 0.25) is 0 Å². The number of carbonyl (C=O) groups excluding carboxylic acids is 1. The number of fused-ring (bicyclic) bond motifs is 1. The van der Waals surface area contributed by atoms with E-state index >= 15 is 0 Å². The van der Waals surface area contributed by atoms with Gasteiger partial charge in [-0.05, 0) is 41.8 Å². The van der Waals surface area contributed by atoms with Gasteiger partial charge in [-0.15, -0.1) is 11.3 Å². The summed E-state index contributed by atoms with van der Waals surface area (Å²) < 4.78 is 11.4. The van der Waals surface area contributed by atoms with Gasteiger partial charge in [0.2, 0.25) is 5.13 Å². The average molecular weight is 383 g/mol. The third-order valence-electron chi connectivity index (χ3n) is 3.53. The predicted octanol–water partition coefficient (Wildman–Crippen LogP) is 4.64. The Morgan fingerprint density at radius 2 is 2.23 bits per heavy atom. The van der Waals surface area contributed by atoms with Crippen molar-refractivity contribution in [2.75, 3.05) is 12.1 Å². The second-order valence-corrected chi connectivity index (χ2v) is 7.17. The van der Waals surface area contributed by atoms with Gasteiger partial charge in [0.1, 0.15) is 5.75 Å². The van der Waals surface area contributed by atoms with Crippen LogP contribution in [-0.4, -0.2) is 24.2 Å². The summed E-state index contributed by atoms with van der Waals surface area (Å²) in [4.78, 5) is 18.3. The highest BCUT2D eigenvalue weighted by molar-refractivity contribution is 7.22. The van der Waals surface area contributed by atoms with E-state index < -0.39 is 0 Å². The largest absolute Gasteiger partial charge is 0.497 e. The Morgan fingerprint density at radius 1 is 1.31 bits per heavy atom. The Kier molecular flexibility index (Phi) is 4.51. The zero-order chi connectivity index (χ0) is 17.9. The maximum atomic E-state index is 12.8. The summed E-state index contributed by atoms with van der Waals surface area (Å²) in [5.41, 5.74) is 0.773. The van der Waals surface area contributed by atoms with Crippen molar-refractivity contribution in [2.45, 2.75) is 0 Å². The lowest BCUT2D eigenvalue weighted by Crippen LogP contribution is -2.25. The van der Waals surface area contributed by atoms with Crippen LogP contribution in [0.1, 0.15) is 15.4 Å². The first-order chi connectivity index (χ1) is 12.7. The molecule has 0 saturated carbocycles. The predicted molar refractivity (Wildman–Crippen MR) is 104 cm³/mol.